The Kier molecular flexibility index (Phi) is 2.25. The van der Waals surface area contributed by atoms with Crippen LogP contribution < -0.4 is 10.5 Å². The monoisotopic (exact) mass is 277 g/mol. The van der Waals surface area contributed by atoms with Gasteiger partial charge in [0.05, 0.1) is 25.6 Å². The highest BCUT2D eigenvalue weighted by Crippen LogP contribution is 2.54. The van der Waals surface area contributed by atoms with E-state index in [0.717, 1.165) is 0 Å². The van der Waals surface area contributed by atoms with E-state index in [0.29, 0.717) is 17.0 Å². The Balaban J connectivity index is 1.80. The third-order valence-electron chi connectivity index (χ3n) is 4.20. The fourth-order valence-electron chi connectivity index (χ4n) is 3.10. The van der Waals surface area contributed by atoms with Gasteiger partial charge in [-0.15, -0.1) is 0 Å². The van der Waals surface area contributed by atoms with Crippen LogP contribution in [0, 0.1) is 11.8 Å². The molecule has 0 spiro atoms. The van der Waals surface area contributed by atoms with Crippen molar-refractivity contribution < 1.29 is 14.6 Å². The van der Waals surface area contributed by atoms with Crippen LogP contribution >= 0.6 is 0 Å². The first-order chi connectivity index (χ1) is 9.61. The number of methoxy groups -OCH3 is 1. The van der Waals surface area contributed by atoms with Crippen molar-refractivity contribution in [1.82, 2.24) is 19.5 Å². The molecule has 1 aliphatic heterocycles. The Bertz CT molecular complexity index is 687. The molecule has 1 aliphatic carbocycles. The molecule has 2 aliphatic rings. The van der Waals surface area contributed by atoms with Crippen LogP contribution in [0.15, 0.2) is 6.33 Å². The minimum absolute atomic E-state index is 0.0754. The number of fused-ring (bicyclic) bond motifs is 2. The number of aliphatic hydroxyl groups is 1. The van der Waals surface area contributed by atoms with E-state index in [4.69, 9.17) is 15.2 Å². The van der Waals surface area contributed by atoms with Gasteiger partial charge >= 0.3 is 0 Å². The number of aromatic nitrogens is 4. The minimum Gasteiger partial charge on any atom is -0.479 e. The zero-order chi connectivity index (χ0) is 14.0. The third kappa shape index (κ3) is 1.40. The summed E-state index contributed by atoms with van der Waals surface area (Å²) in [4.78, 5) is 12.5. The maximum atomic E-state index is 9.66. The van der Waals surface area contributed by atoms with Crippen molar-refractivity contribution in [2.45, 2.75) is 25.4 Å². The van der Waals surface area contributed by atoms with Crippen molar-refractivity contribution in [2.24, 2.45) is 11.8 Å². The molecule has 2 fully saturated rings. The van der Waals surface area contributed by atoms with Crippen molar-refractivity contribution in [3.05, 3.63) is 6.33 Å². The normalized spacial score (nSPS) is 35.2. The number of aliphatic hydroxyl groups excluding tert-OH is 1. The van der Waals surface area contributed by atoms with Gasteiger partial charge in [0.1, 0.15) is 6.23 Å². The molecule has 3 N–H and O–H groups in total. The second-order valence-corrected chi connectivity index (χ2v) is 5.33. The molecule has 5 unspecified atom stereocenters. The van der Waals surface area contributed by atoms with Crippen LogP contribution in [0.3, 0.4) is 0 Å². The van der Waals surface area contributed by atoms with Crippen LogP contribution in [0.4, 0.5) is 5.95 Å². The van der Waals surface area contributed by atoms with E-state index in [1.165, 1.54) is 7.11 Å². The number of hydrogen-bond donors (Lipinski definition) is 2. The summed E-state index contributed by atoms with van der Waals surface area (Å²) in [6.45, 7) is 2.05. The van der Waals surface area contributed by atoms with Gasteiger partial charge < -0.3 is 20.3 Å². The maximum Gasteiger partial charge on any atom is 0.246 e. The number of imidazole rings is 1. The van der Waals surface area contributed by atoms with Crippen LogP contribution in [0.2, 0.25) is 0 Å². The van der Waals surface area contributed by atoms with E-state index in [2.05, 4.69) is 21.9 Å². The van der Waals surface area contributed by atoms with Crippen molar-refractivity contribution in [2.75, 3.05) is 12.8 Å². The van der Waals surface area contributed by atoms with E-state index < -0.39 is 0 Å². The smallest absolute Gasteiger partial charge is 0.246 e. The Morgan fingerprint density at radius 1 is 1.45 bits per heavy atom. The predicted octanol–water partition coefficient (Wildman–Crippen LogP) is -0.0587. The fraction of sp³-hybridized carbons (Fsp3) is 0.583. The van der Waals surface area contributed by atoms with Gasteiger partial charge in [-0.05, 0) is 0 Å². The summed E-state index contributed by atoms with van der Waals surface area (Å²) < 4.78 is 12.9. The molecule has 20 heavy (non-hydrogen) atoms. The Hall–Kier alpha value is -1.93. The molecular formula is C12H15N5O3. The number of anilines is 1. The molecule has 106 valence electrons. The summed E-state index contributed by atoms with van der Waals surface area (Å²) in [7, 11) is 1.51. The number of rotatable bonds is 2. The highest BCUT2D eigenvalue weighted by molar-refractivity contribution is 5.77. The van der Waals surface area contributed by atoms with E-state index in [-0.39, 0.29) is 36.2 Å². The van der Waals surface area contributed by atoms with E-state index in [1.807, 2.05) is 4.57 Å². The standard InChI is InChI=1S/C12H15N5O3/c1-4-5-7(18)8(5)20-11(4)17-3-14-6-9(17)15-12(13)16-10(6)19-2/h3-5,7-8,11,18H,1-2H3,(H2,13,15,16). The highest BCUT2D eigenvalue weighted by Gasteiger charge is 2.62. The zero-order valence-electron chi connectivity index (χ0n) is 11.1. The average Bonchev–Trinajstić information content (AvgIpc) is 2.75. The van der Waals surface area contributed by atoms with Crippen LogP contribution in [-0.2, 0) is 4.74 Å². The lowest BCUT2D eigenvalue weighted by Gasteiger charge is -2.21. The summed E-state index contributed by atoms with van der Waals surface area (Å²) in [5, 5.41) is 9.66. The number of nitrogen functional groups attached to an aromatic ring is 1. The molecule has 0 aromatic carbocycles. The Morgan fingerprint density at radius 2 is 2.25 bits per heavy atom. The molecule has 1 saturated heterocycles. The quantitative estimate of drug-likeness (QED) is 0.791. The van der Waals surface area contributed by atoms with Crippen molar-refractivity contribution in [3.63, 3.8) is 0 Å². The van der Waals surface area contributed by atoms with E-state index >= 15 is 0 Å². The molecule has 0 radical (unpaired) electrons. The van der Waals surface area contributed by atoms with Crippen LogP contribution in [0.25, 0.3) is 11.2 Å². The molecule has 5 atom stereocenters. The SMILES string of the molecule is COc1nc(N)nc2c1ncn2C1OC2C(O)C2C1C. The number of ether oxygens (including phenoxy) is 2. The first kappa shape index (κ1) is 11.9. The van der Waals surface area contributed by atoms with Crippen molar-refractivity contribution in [1.29, 1.82) is 0 Å². The molecule has 3 heterocycles. The van der Waals surface area contributed by atoms with E-state index in [1.54, 1.807) is 6.33 Å². The van der Waals surface area contributed by atoms with Gasteiger partial charge in [-0.3, -0.25) is 4.57 Å². The molecule has 0 amide bonds. The number of nitrogens with zero attached hydrogens (tertiary/aromatic N) is 4. The molecule has 2 aromatic heterocycles. The summed E-state index contributed by atoms with van der Waals surface area (Å²) in [5.74, 6) is 0.863. The second kappa shape index (κ2) is 3.80. The lowest BCUT2D eigenvalue weighted by molar-refractivity contribution is -0.0287. The number of hydrogen-bond acceptors (Lipinski definition) is 7. The van der Waals surface area contributed by atoms with Crippen LogP contribution in [-0.4, -0.2) is 43.9 Å². The van der Waals surface area contributed by atoms with Crippen molar-refractivity contribution >= 4 is 17.1 Å². The predicted molar refractivity (Wildman–Crippen MR) is 68.9 cm³/mol. The maximum absolute atomic E-state index is 9.66. The van der Waals surface area contributed by atoms with Gasteiger partial charge in [0.15, 0.2) is 11.2 Å². The molecule has 4 rings (SSSR count). The van der Waals surface area contributed by atoms with Gasteiger partial charge in [-0.25, -0.2) is 4.98 Å². The lowest BCUT2D eigenvalue weighted by atomic mass is 10.1. The molecule has 8 nitrogen and oxygen atoms in total. The first-order valence-electron chi connectivity index (χ1n) is 6.49. The third-order valence-corrected chi connectivity index (χ3v) is 4.20. The number of nitrogens with two attached hydrogens (primary N) is 1. The summed E-state index contributed by atoms with van der Waals surface area (Å²) in [6.07, 6.45) is 1.04. The largest absolute Gasteiger partial charge is 0.479 e. The van der Waals surface area contributed by atoms with Crippen LogP contribution in [0.1, 0.15) is 13.2 Å². The molecular weight excluding hydrogens is 262 g/mol. The van der Waals surface area contributed by atoms with Gasteiger partial charge in [0.2, 0.25) is 11.8 Å². The molecule has 8 heteroatoms. The van der Waals surface area contributed by atoms with Gasteiger partial charge in [-0.1, -0.05) is 6.92 Å². The lowest BCUT2D eigenvalue weighted by Crippen LogP contribution is -2.20. The summed E-state index contributed by atoms with van der Waals surface area (Å²) in [5.41, 5.74) is 6.84. The molecule has 2 aromatic rings. The van der Waals surface area contributed by atoms with Gasteiger partial charge in [-0.2, -0.15) is 9.97 Å². The summed E-state index contributed by atoms with van der Waals surface area (Å²) in [6, 6.07) is 0. The first-order valence-corrected chi connectivity index (χ1v) is 6.49. The highest BCUT2D eigenvalue weighted by atomic mass is 16.5. The summed E-state index contributed by atoms with van der Waals surface area (Å²) >= 11 is 0. The fourth-order valence-corrected chi connectivity index (χ4v) is 3.10. The average molecular weight is 277 g/mol. The van der Waals surface area contributed by atoms with Gasteiger partial charge in [0.25, 0.3) is 0 Å². The van der Waals surface area contributed by atoms with Gasteiger partial charge in [0, 0.05) is 11.8 Å². The van der Waals surface area contributed by atoms with E-state index in [9.17, 15) is 5.11 Å². The topological polar surface area (TPSA) is 108 Å². The van der Waals surface area contributed by atoms with Crippen LogP contribution in [0.5, 0.6) is 5.88 Å². The Labute approximate surface area is 114 Å². The Morgan fingerprint density at radius 3 is 2.90 bits per heavy atom. The zero-order valence-corrected chi connectivity index (χ0v) is 11.1. The van der Waals surface area contributed by atoms with Crippen molar-refractivity contribution in [3.8, 4) is 5.88 Å². The molecule has 0 bridgehead atoms. The second-order valence-electron chi connectivity index (χ2n) is 5.33. The minimum atomic E-state index is -0.342. The molecule has 1 saturated carbocycles.